The van der Waals surface area contributed by atoms with Crippen molar-refractivity contribution in [1.29, 1.82) is 0 Å². The fraction of sp³-hybridized carbons (Fsp3) is 0.571. The SMILES string of the molecule is CCN(CC)c1c(F)c(COC)c(F)c(F)c1COC(=O)[C@@H]1[C@@H](C=C(Cl)Cl)C1(C)C. The Labute approximate surface area is 184 Å². The fourth-order valence-corrected chi connectivity index (χ4v) is 4.09. The molecule has 1 aromatic carbocycles. The summed E-state index contributed by atoms with van der Waals surface area (Å²) in [5.41, 5.74) is -1.42. The number of allylic oxidation sites excluding steroid dienone is 1. The van der Waals surface area contributed by atoms with Gasteiger partial charge in [-0.1, -0.05) is 37.0 Å². The third kappa shape index (κ3) is 4.73. The fourth-order valence-electron chi connectivity index (χ4n) is 3.82. The van der Waals surface area contributed by atoms with Gasteiger partial charge in [-0.05, 0) is 31.3 Å². The van der Waals surface area contributed by atoms with Crippen LogP contribution < -0.4 is 4.90 Å². The van der Waals surface area contributed by atoms with Gasteiger partial charge in [-0.2, -0.15) is 0 Å². The van der Waals surface area contributed by atoms with Gasteiger partial charge in [-0.15, -0.1) is 0 Å². The average molecular weight is 468 g/mol. The van der Waals surface area contributed by atoms with Gasteiger partial charge in [0.1, 0.15) is 11.1 Å². The molecule has 4 nitrogen and oxygen atoms in total. The molecule has 1 saturated carbocycles. The number of ether oxygens (including phenoxy) is 2. The van der Waals surface area contributed by atoms with Crippen molar-refractivity contribution in [3.8, 4) is 0 Å². The Morgan fingerprint density at radius 2 is 1.63 bits per heavy atom. The molecule has 0 saturated heterocycles. The zero-order chi connectivity index (χ0) is 22.8. The highest BCUT2D eigenvalue weighted by Crippen LogP contribution is 2.60. The smallest absolute Gasteiger partial charge is 0.310 e. The van der Waals surface area contributed by atoms with Crippen molar-refractivity contribution < 1.29 is 27.4 Å². The number of carbonyl (C=O) groups excluding carboxylic acids is 1. The zero-order valence-electron chi connectivity index (χ0n) is 17.6. The van der Waals surface area contributed by atoms with Gasteiger partial charge in [-0.25, -0.2) is 13.2 Å². The molecule has 1 fully saturated rings. The van der Waals surface area contributed by atoms with Crippen LogP contribution in [-0.4, -0.2) is 26.2 Å². The minimum absolute atomic E-state index is 0.0381. The van der Waals surface area contributed by atoms with Crippen LogP contribution in [0.4, 0.5) is 18.9 Å². The third-order valence-corrected chi connectivity index (χ3v) is 5.93. The Bertz CT molecular complexity index is 838. The van der Waals surface area contributed by atoms with Gasteiger partial charge in [0.2, 0.25) is 0 Å². The molecule has 30 heavy (non-hydrogen) atoms. The van der Waals surface area contributed by atoms with Crippen molar-refractivity contribution in [2.75, 3.05) is 25.1 Å². The first-order valence-corrected chi connectivity index (χ1v) is 10.4. The number of hydrogen-bond donors (Lipinski definition) is 0. The second kappa shape index (κ2) is 9.79. The van der Waals surface area contributed by atoms with E-state index >= 15 is 4.39 Å². The summed E-state index contributed by atoms with van der Waals surface area (Å²) in [4.78, 5) is 14.1. The third-order valence-electron chi connectivity index (χ3n) is 5.68. The van der Waals surface area contributed by atoms with Crippen LogP contribution in [0.1, 0.15) is 38.8 Å². The summed E-state index contributed by atoms with van der Waals surface area (Å²) in [5.74, 6) is -4.91. The molecule has 0 aliphatic heterocycles. The van der Waals surface area contributed by atoms with E-state index in [-0.39, 0.29) is 21.7 Å². The van der Waals surface area contributed by atoms with Crippen LogP contribution in [0.15, 0.2) is 10.6 Å². The first-order valence-electron chi connectivity index (χ1n) is 9.64. The normalized spacial score (nSPS) is 19.4. The van der Waals surface area contributed by atoms with Crippen LogP contribution in [0.3, 0.4) is 0 Å². The highest BCUT2D eigenvalue weighted by atomic mass is 35.5. The number of benzene rings is 1. The van der Waals surface area contributed by atoms with Crippen molar-refractivity contribution in [1.82, 2.24) is 0 Å². The first kappa shape index (κ1) is 24.8. The number of hydrogen-bond acceptors (Lipinski definition) is 4. The summed E-state index contributed by atoms with van der Waals surface area (Å²) < 4.78 is 54.6. The summed E-state index contributed by atoms with van der Waals surface area (Å²) in [6, 6.07) is 0. The van der Waals surface area contributed by atoms with Crippen LogP contribution >= 0.6 is 23.2 Å². The number of halogens is 5. The molecular formula is C21H26Cl2F3NO3. The van der Waals surface area contributed by atoms with E-state index < -0.39 is 53.5 Å². The van der Waals surface area contributed by atoms with E-state index in [1.807, 2.05) is 13.8 Å². The Balaban J connectivity index is 2.37. The number of esters is 1. The minimum Gasteiger partial charge on any atom is -0.460 e. The predicted octanol–water partition coefficient (Wildman–Crippen LogP) is 5.73. The molecule has 0 spiro atoms. The van der Waals surface area contributed by atoms with Crippen LogP contribution in [0.25, 0.3) is 0 Å². The predicted molar refractivity (Wildman–Crippen MR) is 111 cm³/mol. The summed E-state index contributed by atoms with van der Waals surface area (Å²) in [6.07, 6.45) is 1.55. The molecule has 168 valence electrons. The van der Waals surface area contributed by atoms with Gasteiger partial charge in [0, 0.05) is 20.2 Å². The van der Waals surface area contributed by atoms with Gasteiger partial charge >= 0.3 is 5.97 Å². The van der Waals surface area contributed by atoms with E-state index in [1.54, 1.807) is 24.8 Å². The summed E-state index contributed by atoms with van der Waals surface area (Å²) in [7, 11) is 1.26. The maximum Gasteiger partial charge on any atom is 0.310 e. The Kier molecular flexibility index (Phi) is 8.10. The second-order valence-corrected chi connectivity index (χ2v) is 8.75. The molecule has 0 aromatic heterocycles. The first-order chi connectivity index (χ1) is 14.0. The van der Waals surface area contributed by atoms with E-state index in [4.69, 9.17) is 32.7 Å². The molecule has 1 aliphatic carbocycles. The Morgan fingerprint density at radius 3 is 2.13 bits per heavy atom. The molecular weight excluding hydrogens is 442 g/mol. The van der Waals surface area contributed by atoms with E-state index in [0.29, 0.717) is 13.1 Å². The summed E-state index contributed by atoms with van der Waals surface area (Å²) in [5, 5.41) is 0. The van der Waals surface area contributed by atoms with Crippen LogP contribution in [0.2, 0.25) is 0 Å². The minimum atomic E-state index is -1.35. The molecule has 1 aromatic rings. The molecule has 0 N–H and O–H groups in total. The lowest BCUT2D eigenvalue weighted by Gasteiger charge is -2.26. The number of methoxy groups -OCH3 is 1. The van der Waals surface area contributed by atoms with E-state index in [9.17, 15) is 13.6 Å². The van der Waals surface area contributed by atoms with Gasteiger partial charge in [0.25, 0.3) is 0 Å². The largest absolute Gasteiger partial charge is 0.460 e. The maximum absolute atomic E-state index is 15.1. The van der Waals surface area contributed by atoms with Crippen molar-refractivity contribution in [2.45, 2.75) is 40.9 Å². The molecule has 0 bridgehead atoms. The quantitative estimate of drug-likeness (QED) is 0.343. The van der Waals surface area contributed by atoms with Crippen molar-refractivity contribution in [3.05, 3.63) is 39.1 Å². The number of nitrogens with zero attached hydrogens (tertiary/aromatic N) is 1. The van der Waals surface area contributed by atoms with E-state index in [1.165, 1.54) is 7.11 Å². The lowest BCUT2D eigenvalue weighted by atomic mass is 10.0. The molecule has 0 radical (unpaired) electrons. The lowest BCUT2D eigenvalue weighted by molar-refractivity contribution is -0.147. The van der Waals surface area contributed by atoms with Gasteiger partial charge in [0.15, 0.2) is 17.5 Å². The molecule has 0 amide bonds. The topological polar surface area (TPSA) is 38.8 Å². The van der Waals surface area contributed by atoms with E-state index in [2.05, 4.69) is 0 Å². The monoisotopic (exact) mass is 467 g/mol. The Morgan fingerprint density at radius 1 is 1.07 bits per heavy atom. The standard InChI is InChI=1S/C21H26Cl2F3NO3/c1-6-27(7-2)19-12(17(25)16(24)11(9-29-5)18(19)26)10-30-20(28)15-13(8-14(22)23)21(15,3)4/h8,13,15H,6-7,9-10H2,1-5H3/t13-,15+/m1/s1. The lowest BCUT2D eigenvalue weighted by Crippen LogP contribution is -2.27. The molecule has 1 aliphatic rings. The molecule has 0 unspecified atom stereocenters. The molecule has 0 heterocycles. The number of rotatable bonds is 9. The van der Waals surface area contributed by atoms with Crippen molar-refractivity contribution >= 4 is 34.9 Å². The summed E-state index contributed by atoms with van der Waals surface area (Å²) in [6.45, 7) is 6.88. The van der Waals surface area contributed by atoms with Gasteiger partial charge in [0.05, 0.1) is 29.3 Å². The Hall–Kier alpha value is -1.44. The van der Waals surface area contributed by atoms with Gasteiger partial charge in [-0.3, -0.25) is 4.79 Å². The number of carbonyl (C=O) groups is 1. The van der Waals surface area contributed by atoms with Crippen LogP contribution in [0, 0.1) is 34.7 Å². The van der Waals surface area contributed by atoms with Gasteiger partial charge < -0.3 is 14.4 Å². The second-order valence-electron chi connectivity index (χ2n) is 7.74. The average Bonchev–Trinajstić information content (AvgIpc) is 3.22. The maximum atomic E-state index is 15.1. The van der Waals surface area contributed by atoms with Crippen LogP contribution in [0.5, 0.6) is 0 Å². The van der Waals surface area contributed by atoms with Crippen molar-refractivity contribution in [2.24, 2.45) is 17.3 Å². The zero-order valence-corrected chi connectivity index (χ0v) is 19.1. The number of anilines is 1. The highest BCUT2D eigenvalue weighted by molar-refractivity contribution is 6.55. The molecule has 9 heteroatoms. The molecule has 2 rings (SSSR count). The van der Waals surface area contributed by atoms with Crippen LogP contribution in [-0.2, 0) is 27.5 Å². The van der Waals surface area contributed by atoms with E-state index in [0.717, 1.165) is 0 Å². The highest BCUT2D eigenvalue weighted by Gasteiger charge is 2.61. The molecule has 2 atom stereocenters. The van der Waals surface area contributed by atoms with Crippen molar-refractivity contribution in [3.63, 3.8) is 0 Å². The summed E-state index contributed by atoms with van der Waals surface area (Å²) >= 11 is 11.4.